The van der Waals surface area contributed by atoms with Gasteiger partial charge in [0.25, 0.3) is 5.91 Å². The lowest BCUT2D eigenvalue weighted by molar-refractivity contribution is 0.102. The molecule has 0 spiro atoms. The van der Waals surface area contributed by atoms with Gasteiger partial charge in [0.05, 0.1) is 5.69 Å². The second-order valence-corrected chi connectivity index (χ2v) is 6.30. The van der Waals surface area contributed by atoms with Crippen molar-refractivity contribution in [3.05, 3.63) is 83.8 Å². The number of aryl methyl sites for hydroxylation is 2. The van der Waals surface area contributed by atoms with Crippen LogP contribution in [0.25, 0.3) is 17.0 Å². The van der Waals surface area contributed by atoms with Crippen LogP contribution in [0.1, 0.15) is 21.5 Å². The van der Waals surface area contributed by atoms with Gasteiger partial charge in [0.1, 0.15) is 0 Å². The Morgan fingerprint density at radius 1 is 1.08 bits per heavy atom. The summed E-state index contributed by atoms with van der Waals surface area (Å²) in [6.07, 6.45) is 5.57. The van der Waals surface area contributed by atoms with Crippen molar-refractivity contribution in [3.63, 3.8) is 0 Å². The summed E-state index contributed by atoms with van der Waals surface area (Å²) < 4.78 is 1.88. The molecule has 0 unspecified atom stereocenters. The minimum Gasteiger partial charge on any atom is -0.322 e. The van der Waals surface area contributed by atoms with Gasteiger partial charge >= 0.3 is 0 Å². The summed E-state index contributed by atoms with van der Waals surface area (Å²) in [6.45, 7) is 3.96. The van der Waals surface area contributed by atoms with Crippen molar-refractivity contribution in [1.29, 1.82) is 0 Å². The number of rotatable bonds is 3. The quantitative estimate of drug-likeness (QED) is 0.605. The molecule has 2 heterocycles. The van der Waals surface area contributed by atoms with Crippen LogP contribution in [0.4, 0.5) is 5.69 Å². The number of amides is 1. The van der Waals surface area contributed by atoms with Gasteiger partial charge in [0.2, 0.25) is 5.78 Å². The van der Waals surface area contributed by atoms with E-state index in [1.54, 1.807) is 6.20 Å². The summed E-state index contributed by atoms with van der Waals surface area (Å²) in [5.74, 6) is 0.557. The van der Waals surface area contributed by atoms with E-state index in [0.29, 0.717) is 11.3 Å². The highest BCUT2D eigenvalue weighted by Crippen LogP contribution is 2.21. The topological polar surface area (TPSA) is 59.3 Å². The highest BCUT2D eigenvalue weighted by molar-refractivity contribution is 6.05. The highest BCUT2D eigenvalue weighted by atomic mass is 16.1. The third-order valence-corrected chi connectivity index (χ3v) is 4.30. The predicted molar refractivity (Wildman–Crippen MR) is 102 cm³/mol. The van der Waals surface area contributed by atoms with Gasteiger partial charge < -0.3 is 5.32 Å². The Hall–Kier alpha value is -3.47. The van der Waals surface area contributed by atoms with E-state index in [1.165, 1.54) is 0 Å². The molecule has 26 heavy (non-hydrogen) atoms. The fourth-order valence-electron chi connectivity index (χ4n) is 2.96. The molecule has 0 aliphatic carbocycles. The smallest absolute Gasteiger partial charge is 0.255 e. The number of carbonyl (C=O) groups excluding carboxylic acids is 1. The largest absolute Gasteiger partial charge is 0.322 e. The summed E-state index contributed by atoms with van der Waals surface area (Å²) in [7, 11) is 0. The molecule has 0 aliphatic rings. The van der Waals surface area contributed by atoms with Crippen LogP contribution in [0.5, 0.6) is 0 Å². The third-order valence-electron chi connectivity index (χ3n) is 4.30. The Balaban J connectivity index is 1.55. The molecule has 0 saturated carbocycles. The van der Waals surface area contributed by atoms with Gasteiger partial charge in [-0.15, -0.1) is 0 Å². The van der Waals surface area contributed by atoms with Crippen molar-refractivity contribution in [2.45, 2.75) is 13.8 Å². The van der Waals surface area contributed by atoms with Crippen LogP contribution in [-0.4, -0.2) is 20.3 Å². The maximum absolute atomic E-state index is 12.5. The van der Waals surface area contributed by atoms with Gasteiger partial charge in [0.15, 0.2) is 0 Å². The molecule has 2 aromatic carbocycles. The van der Waals surface area contributed by atoms with Crippen LogP contribution >= 0.6 is 0 Å². The minimum atomic E-state index is -0.104. The number of fused-ring (bicyclic) bond motifs is 1. The highest BCUT2D eigenvalue weighted by Gasteiger charge is 2.10. The minimum absolute atomic E-state index is 0.104. The first-order chi connectivity index (χ1) is 12.6. The molecule has 5 nitrogen and oxygen atoms in total. The molecular weight excluding hydrogens is 324 g/mol. The monoisotopic (exact) mass is 342 g/mol. The Bertz CT molecular complexity index is 1060. The molecule has 2 aromatic heterocycles. The number of benzene rings is 2. The van der Waals surface area contributed by atoms with Crippen LogP contribution in [0, 0.1) is 13.8 Å². The van der Waals surface area contributed by atoms with Gasteiger partial charge in [0, 0.05) is 35.4 Å². The molecule has 128 valence electrons. The second kappa shape index (κ2) is 6.44. The number of nitrogens with zero attached hydrogens (tertiary/aromatic N) is 3. The van der Waals surface area contributed by atoms with E-state index in [4.69, 9.17) is 0 Å². The molecule has 0 fully saturated rings. The number of nitrogens with one attached hydrogen (secondary N) is 1. The van der Waals surface area contributed by atoms with Crippen molar-refractivity contribution >= 4 is 17.4 Å². The SMILES string of the molecule is Cc1ccc(C(=O)Nc2ccc(-c3cn4cccnc4n3)cc2)c(C)c1. The van der Waals surface area contributed by atoms with E-state index in [-0.39, 0.29) is 5.91 Å². The summed E-state index contributed by atoms with van der Waals surface area (Å²) in [5.41, 5.74) is 5.37. The van der Waals surface area contributed by atoms with Crippen molar-refractivity contribution in [1.82, 2.24) is 14.4 Å². The first-order valence-electron chi connectivity index (χ1n) is 8.39. The fraction of sp³-hybridized carbons (Fsp3) is 0.0952. The van der Waals surface area contributed by atoms with Crippen molar-refractivity contribution in [2.24, 2.45) is 0 Å². The van der Waals surface area contributed by atoms with Crippen molar-refractivity contribution in [3.8, 4) is 11.3 Å². The first kappa shape index (κ1) is 16.0. The van der Waals surface area contributed by atoms with Crippen LogP contribution in [0.3, 0.4) is 0 Å². The molecule has 1 N–H and O–H groups in total. The summed E-state index contributed by atoms with van der Waals surface area (Å²) in [6, 6.07) is 15.3. The van der Waals surface area contributed by atoms with Gasteiger partial charge in [-0.1, -0.05) is 29.8 Å². The Labute approximate surface area is 151 Å². The first-order valence-corrected chi connectivity index (χ1v) is 8.39. The zero-order valence-electron chi connectivity index (χ0n) is 14.6. The molecular formula is C21H18N4O. The fourth-order valence-corrected chi connectivity index (χ4v) is 2.96. The second-order valence-electron chi connectivity index (χ2n) is 6.30. The van der Waals surface area contributed by atoms with Crippen LogP contribution in [0.15, 0.2) is 67.1 Å². The molecule has 0 saturated heterocycles. The number of hydrogen-bond donors (Lipinski definition) is 1. The average Bonchev–Trinajstić information content (AvgIpc) is 3.06. The predicted octanol–water partition coefficient (Wildman–Crippen LogP) is 4.27. The normalized spacial score (nSPS) is 10.8. The van der Waals surface area contributed by atoms with E-state index in [9.17, 15) is 4.79 Å². The maximum atomic E-state index is 12.5. The van der Waals surface area contributed by atoms with Gasteiger partial charge in [-0.2, -0.15) is 0 Å². The van der Waals surface area contributed by atoms with E-state index in [1.807, 2.05) is 79.2 Å². The lowest BCUT2D eigenvalue weighted by atomic mass is 10.1. The number of imidazole rings is 1. The molecule has 0 bridgehead atoms. The summed E-state index contributed by atoms with van der Waals surface area (Å²) >= 11 is 0. The van der Waals surface area contributed by atoms with Crippen LogP contribution in [0.2, 0.25) is 0 Å². The third kappa shape index (κ3) is 3.07. The van der Waals surface area contributed by atoms with E-state index >= 15 is 0 Å². The Morgan fingerprint density at radius 2 is 1.88 bits per heavy atom. The molecule has 0 aliphatic heterocycles. The molecule has 0 radical (unpaired) electrons. The number of aromatic nitrogens is 3. The van der Waals surface area contributed by atoms with Crippen LogP contribution in [-0.2, 0) is 0 Å². The Morgan fingerprint density at radius 3 is 2.62 bits per heavy atom. The zero-order chi connectivity index (χ0) is 18.1. The van der Waals surface area contributed by atoms with Gasteiger partial charge in [-0.3, -0.25) is 9.20 Å². The Kier molecular flexibility index (Phi) is 3.97. The average molecular weight is 342 g/mol. The van der Waals surface area contributed by atoms with Crippen molar-refractivity contribution < 1.29 is 4.79 Å². The standard InChI is InChI=1S/C21H18N4O/c1-14-4-9-18(15(2)12-14)20(26)23-17-7-5-16(6-8-17)19-13-25-11-3-10-22-21(25)24-19/h3-13H,1-2H3,(H,23,26). The van der Waals surface area contributed by atoms with E-state index in [0.717, 1.165) is 28.1 Å². The van der Waals surface area contributed by atoms with Crippen molar-refractivity contribution in [2.75, 3.05) is 5.32 Å². The summed E-state index contributed by atoms with van der Waals surface area (Å²) in [5, 5.41) is 2.95. The molecule has 1 amide bonds. The maximum Gasteiger partial charge on any atom is 0.255 e. The van der Waals surface area contributed by atoms with E-state index < -0.39 is 0 Å². The molecule has 5 heteroatoms. The molecule has 0 atom stereocenters. The lowest BCUT2D eigenvalue weighted by Gasteiger charge is -2.09. The van der Waals surface area contributed by atoms with E-state index in [2.05, 4.69) is 15.3 Å². The number of hydrogen-bond acceptors (Lipinski definition) is 3. The molecule has 4 aromatic rings. The zero-order valence-corrected chi connectivity index (χ0v) is 14.6. The number of carbonyl (C=O) groups is 1. The number of anilines is 1. The molecule has 4 rings (SSSR count). The van der Waals surface area contributed by atoms with Gasteiger partial charge in [-0.05, 0) is 43.7 Å². The lowest BCUT2D eigenvalue weighted by Crippen LogP contribution is -2.13. The van der Waals surface area contributed by atoms with Gasteiger partial charge in [-0.25, -0.2) is 9.97 Å². The summed E-state index contributed by atoms with van der Waals surface area (Å²) in [4.78, 5) is 21.2. The van der Waals surface area contributed by atoms with Crippen LogP contribution < -0.4 is 5.32 Å².